The van der Waals surface area contributed by atoms with Crippen molar-refractivity contribution in [2.45, 2.75) is 45.2 Å². The first-order valence-corrected chi connectivity index (χ1v) is 7.18. The summed E-state index contributed by atoms with van der Waals surface area (Å²) in [5.41, 5.74) is 6.41. The number of phenolic OH excluding ortho intramolecular Hbond substituents is 1. The Morgan fingerprint density at radius 2 is 2.15 bits per heavy atom. The molecule has 0 spiro atoms. The first kappa shape index (κ1) is 14.9. The largest absolute Gasteiger partial charge is 0.508 e. The van der Waals surface area contributed by atoms with Gasteiger partial charge in [-0.3, -0.25) is 4.79 Å². The summed E-state index contributed by atoms with van der Waals surface area (Å²) in [6, 6.07) is 6.89. The fraction of sp³-hybridized carbons (Fsp3) is 0.562. The van der Waals surface area contributed by atoms with E-state index in [4.69, 9.17) is 5.73 Å². The lowest BCUT2D eigenvalue weighted by Crippen LogP contribution is -2.48. The molecule has 2 rings (SSSR count). The minimum absolute atomic E-state index is 0.0678. The summed E-state index contributed by atoms with van der Waals surface area (Å²) in [5, 5.41) is 9.93. The maximum atomic E-state index is 12.8. The lowest BCUT2D eigenvalue weighted by atomic mass is 9.83. The molecule has 20 heavy (non-hydrogen) atoms. The number of nitrogens with two attached hydrogens (primary N) is 1. The van der Waals surface area contributed by atoms with Crippen LogP contribution in [0.3, 0.4) is 0 Å². The maximum absolute atomic E-state index is 12.8. The van der Waals surface area contributed by atoms with Gasteiger partial charge in [-0.25, -0.2) is 0 Å². The number of para-hydroxylation sites is 1. The third-order valence-corrected chi connectivity index (χ3v) is 4.81. The molecule has 3 unspecified atom stereocenters. The second-order valence-electron chi connectivity index (χ2n) is 6.07. The van der Waals surface area contributed by atoms with Crippen molar-refractivity contribution >= 4 is 5.91 Å². The fourth-order valence-corrected chi connectivity index (χ4v) is 3.09. The van der Waals surface area contributed by atoms with Gasteiger partial charge in [0, 0.05) is 18.7 Å². The van der Waals surface area contributed by atoms with Crippen LogP contribution in [0.5, 0.6) is 5.75 Å². The second kappa shape index (κ2) is 5.44. The van der Waals surface area contributed by atoms with Crippen molar-refractivity contribution in [1.82, 2.24) is 4.90 Å². The fourth-order valence-electron chi connectivity index (χ4n) is 3.09. The molecule has 1 aromatic carbocycles. The van der Waals surface area contributed by atoms with E-state index in [1.54, 1.807) is 24.1 Å². The molecule has 0 radical (unpaired) electrons. The topological polar surface area (TPSA) is 66.6 Å². The molecule has 0 aromatic heterocycles. The van der Waals surface area contributed by atoms with E-state index in [0.717, 1.165) is 24.8 Å². The van der Waals surface area contributed by atoms with Crippen LogP contribution in [-0.4, -0.2) is 29.0 Å². The zero-order valence-electron chi connectivity index (χ0n) is 12.5. The van der Waals surface area contributed by atoms with Crippen LogP contribution in [0, 0.1) is 5.41 Å². The molecular formula is C16H24N2O2. The Morgan fingerprint density at radius 3 is 2.70 bits per heavy atom. The summed E-state index contributed by atoms with van der Waals surface area (Å²) in [7, 11) is 1.79. The molecular weight excluding hydrogens is 252 g/mol. The minimum Gasteiger partial charge on any atom is -0.508 e. The van der Waals surface area contributed by atoms with Gasteiger partial charge in [0.15, 0.2) is 0 Å². The molecule has 0 bridgehead atoms. The number of hydrogen-bond acceptors (Lipinski definition) is 3. The van der Waals surface area contributed by atoms with E-state index >= 15 is 0 Å². The van der Waals surface area contributed by atoms with Crippen molar-refractivity contribution < 1.29 is 9.90 Å². The van der Waals surface area contributed by atoms with Gasteiger partial charge < -0.3 is 15.7 Å². The van der Waals surface area contributed by atoms with Crippen LogP contribution in [-0.2, 0) is 4.79 Å². The SMILES string of the molecule is CC(c1ccccc1O)N(C)C(=O)C1(C)CCCC1N. The predicted octanol–water partition coefficient (Wildman–Crippen LogP) is 2.43. The number of carbonyl (C=O) groups is 1. The van der Waals surface area contributed by atoms with Crippen molar-refractivity contribution in [3.8, 4) is 5.75 Å². The molecule has 0 aliphatic heterocycles. The van der Waals surface area contributed by atoms with Crippen LogP contribution >= 0.6 is 0 Å². The maximum Gasteiger partial charge on any atom is 0.230 e. The van der Waals surface area contributed by atoms with E-state index < -0.39 is 5.41 Å². The molecule has 1 aromatic rings. The first-order valence-electron chi connectivity index (χ1n) is 7.18. The zero-order valence-corrected chi connectivity index (χ0v) is 12.5. The average molecular weight is 276 g/mol. The normalized spacial score (nSPS) is 27.3. The smallest absolute Gasteiger partial charge is 0.230 e. The Kier molecular flexibility index (Phi) is 4.04. The molecule has 3 atom stereocenters. The van der Waals surface area contributed by atoms with Crippen molar-refractivity contribution in [1.29, 1.82) is 0 Å². The number of nitrogens with zero attached hydrogens (tertiary/aromatic N) is 1. The quantitative estimate of drug-likeness (QED) is 0.891. The first-order chi connectivity index (χ1) is 9.38. The Morgan fingerprint density at radius 1 is 1.50 bits per heavy atom. The Balaban J connectivity index is 2.21. The van der Waals surface area contributed by atoms with E-state index in [2.05, 4.69) is 0 Å². The standard InChI is InChI=1S/C16H24N2O2/c1-11(12-7-4-5-8-13(12)19)18(3)15(20)16(2)10-6-9-14(16)17/h4-5,7-8,11,14,19H,6,9-10,17H2,1-3H3. The summed E-state index contributed by atoms with van der Waals surface area (Å²) < 4.78 is 0. The molecule has 1 aliphatic rings. The van der Waals surface area contributed by atoms with Crippen LogP contribution in [0.2, 0.25) is 0 Å². The molecule has 1 aliphatic carbocycles. The third kappa shape index (κ3) is 2.40. The highest BCUT2D eigenvalue weighted by Gasteiger charge is 2.45. The van der Waals surface area contributed by atoms with Gasteiger partial charge in [-0.1, -0.05) is 24.6 Å². The molecule has 0 heterocycles. The lowest BCUT2D eigenvalue weighted by Gasteiger charge is -2.35. The summed E-state index contributed by atoms with van der Waals surface area (Å²) in [6.45, 7) is 3.89. The molecule has 1 saturated carbocycles. The van der Waals surface area contributed by atoms with Gasteiger partial charge in [0.2, 0.25) is 5.91 Å². The number of aromatic hydroxyl groups is 1. The van der Waals surface area contributed by atoms with E-state index in [1.165, 1.54) is 0 Å². The van der Waals surface area contributed by atoms with Gasteiger partial charge in [-0.15, -0.1) is 0 Å². The van der Waals surface area contributed by atoms with Crippen LogP contribution in [0.15, 0.2) is 24.3 Å². The molecule has 0 saturated heterocycles. The van der Waals surface area contributed by atoms with E-state index in [0.29, 0.717) is 0 Å². The second-order valence-corrected chi connectivity index (χ2v) is 6.07. The van der Waals surface area contributed by atoms with Crippen molar-refractivity contribution in [2.75, 3.05) is 7.05 Å². The van der Waals surface area contributed by atoms with Gasteiger partial charge in [-0.2, -0.15) is 0 Å². The van der Waals surface area contributed by atoms with E-state index in [1.807, 2.05) is 26.0 Å². The molecule has 4 nitrogen and oxygen atoms in total. The lowest BCUT2D eigenvalue weighted by molar-refractivity contribution is -0.142. The van der Waals surface area contributed by atoms with Crippen LogP contribution < -0.4 is 5.73 Å². The van der Waals surface area contributed by atoms with Crippen molar-refractivity contribution in [2.24, 2.45) is 11.1 Å². The summed E-state index contributed by atoms with van der Waals surface area (Å²) >= 11 is 0. The highest BCUT2D eigenvalue weighted by Crippen LogP contribution is 2.40. The Labute approximate surface area is 120 Å². The van der Waals surface area contributed by atoms with Gasteiger partial charge in [0.05, 0.1) is 11.5 Å². The van der Waals surface area contributed by atoms with E-state index in [-0.39, 0.29) is 23.7 Å². The summed E-state index contributed by atoms with van der Waals surface area (Å²) in [5.74, 6) is 0.291. The molecule has 3 N–H and O–H groups in total. The molecule has 4 heteroatoms. The Bertz CT molecular complexity index is 503. The monoisotopic (exact) mass is 276 g/mol. The number of hydrogen-bond donors (Lipinski definition) is 2. The summed E-state index contributed by atoms with van der Waals surface area (Å²) in [4.78, 5) is 14.5. The predicted molar refractivity (Wildman–Crippen MR) is 79.2 cm³/mol. The van der Waals surface area contributed by atoms with E-state index in [9.17, 15) is 9.90 Å². The third-order valence-electron chi connectivity index (χ3n) is 4.81. The number of carbonyl (C=O) groups excluding carboxylic acids is 1. The number of rotatable bonds is 3. The van der Waals surface area contributed by atoms with Gasteiger partial charge in [-0.05, 0) is 32.8 Å². The van der Waals surface area contributed by atoms with Gasteiger partial charge in [0.25, 0.3) is 0 Å². The number of amides is 1. The summed E-state index contributed by atoms with van der Waals surface area (Å²) in [6.07, 6.45) is 2.74. The Hall–Kier alpha value is -1.55. The molecule has 1 amide bonds. The van der Waals surface area contributed by atoms with Gasteiger partial charge >= 0.3 is 0 Å². The van der Waals surface area contributed by atoms with Crippen LogP contribution in [0.25, 0.3) is 0 Å². The van der Waals surface area contributed by atoms with Crippen molar-refractivity contribution in [3.05, 3.63) is 29.8 Å². The number of benzene rings is 1. The van der Waals surface area contributed by atoms with Crippen LogP contribution in [0.1, 0.15) is 44.7 Å². The molecule has 1 fully saturated rings. The molecule has 110 valence electrons. The highest BCUT2D eigenvalue weighted by atomic mass is 16.3. The minimum atomic E-state index is -0.479. The average Bonchev–Trinajstić information content (AvgIpc) is 2.78. The number of phenols is 1. The zero-order chi connectivity index (χ0) is 14.9. The van der Waals surface area contributed by atoms with Gasteiger partial charge in [0.1, 0.15) is 5.75 Å². The van der Waals surface area contributed by atoms with Crippen molar-refractivity contribution in [3.63, 3.8) is 0 Å². The van der Waals surface area contributed by atoms with Crippen LogP contribution in [0.4, 0.5) is 0 Å². The highest BCUT2D eigenvalue weighted by molar-refractivity contribution is 5.83.